The van der Waals surface area contributed by atoms with Gasteiger partial charge in [-0.2, -0.15) is 30.3 Å². The van der Waals surface area contributed by atoms with Crippen molar-refractivity contribution in [3.8, 4) is 0 Å². The minimum atomic E-state index is -1.39. The van der Waals surface area contributed by atoms with Crippen LogP contribution in [0.2, 0.25) is 0 Å². The third-order valence-corrected chi connectivity index (χ3v) is 9.18. The van der Waals surface area contributed by atoms with Gasteiger partial charge < -0.3 is 27.1 Å². The van der Waals surface area contributed by atoms with Gasteiger partial charge in [0.05, 0.1) is 24.1 Å². The molecule has 242 valence electrons. The molecule has 0 unspecified atom stereocenters. The molecule has 12 heteroatoms. The zero-order valence-electron chi connectivity index (χ0n) is 27.2. The smallest absolute Gasteiger partial charge is 0.405 e. The third-order valence-electron chi connectivity index (χ3n) is 7.27. The molecule has 1 aromatic carbocycles. The van der Waals surface area contributed by atoms with Crippen LogP contribution in [0.1, 0.15) is 71.1 Å². The van der Waals surface area contributed by atoms with Crippen LogP contribution in [0.4, 0.5) is 5.00 Å². The zero-order chi connectivity index (χ0) is 32.4. The van der Waals surface area contributed by atoms with Crippen molar-refractivity contribution in [3.05, 3.63) is 80.8 Å². The van der Waals surface area contributed by atoms with E-state index in [-0.39, 0.29) is 49.7 Å². The van der Waals surface area contributed by atoms with Gasteiger partial charge in [-0.05, 0) is 71.9 Å². The Morgan fingerprint density at radius 3 is 2.49 bits per heavy atom. The van der Waals surface area contributed by atoms with Gasteiger partial charge in [0.25, 0.3) is 5.56 Å². The van der Waals surface area contributed by atoms with Gasteiger partial charge in [0.2, 0.25) is 5.91 Å². The van der Waals surface area contributed by atoms with Gasteiger partial charge >= 0.3 is 36.8 Å². The van der Waals surface area contributed by atoms with Crippen LogP contribution in [0.25, 0.3) is 10.2 Å². The quantitative estimate of drug-likeness (QED) is 0.188. The average molecular weight is 878 g/mol. The van der Waals surface area contributed by atoms with E-state index in [2.05, 4.69) is 24.2 Å². The fourth-order valence-electron chi connectivity index (χ4n) is 5.14. The van der Waals surface area contributed by atoms with Crippen LogP contribution in [0.5, 0.6) is 0 Å². The molecule has 2 aromatic heterocycles. The van der Waals surface area contributed by atoms with Gasteiger partial charge in [-0.3, -0.25) is 20.4 Å². The summed E-state index contributed by atoms with van der Waals surface area (Å²) < 4.78 is 8.91. The van der Waals surface area contributed by atoms with Gasteiger partial charge in [-0.15, -0.1) is 5.56 Å². The van der Waals surface area contributed by atoms with Crippen molar-refractivity contribution in [2.75, 3.05) is 18.8 Å². The number of thioether (sulfide) groups is 1. The monoisotopic (exact) mass is 877 g/mol. The second-order valence-electron chi connectivity index (χ2n) is 11.4. The van der Waals surface area contributed by atoms with E-state index in [9.17, 15) is 14.4 Å². The van der Waals surface area contributed by atoms with Crippen LogP contribution in [-0.2, 0) is 21.6 Å². The first-order chi connectivity index (χ1) is 21.0. The number of carbonyl (C=O) groups excluding carboxylic acids is 1. The first kappa shape index (κ1) is 39.1. The molecule has 0 saturated carbocycles. The Morgan fingerprint density at radius 2 is 1.96 bits per heavy atom. The Bertz CT molecular complexity index is 1570. The third kappa shape index (κ3) is 9.48. The Kier molecular flexibility index (Phi) is 15.9. The van der Waals surface area contributed by atoms with E-state index in [1.54, 1.807) is 60.4 Å². The number of aromatic nitrogens is 2. The largest absolute Gasteiger partial charge is 2.00 e. The van der Waals surface area contributed by atoms with E-state index in [1.165, 1.54) is 29.7 Å². The number of rotatable bonds is 11. The summed E-state index contributed by atoms with van der Waals surface area (Å²) in [5.41, 5.74) is 4.43. The fourth-order valence-corrected chi connectivity index (χ4v) is 6.58. The number of amides is 1. The Balaban J connectivity index is 0.00000109. The number of hydrogen-bond acceptors (Lipinski definition) is 8. The number of carbonyl (C=O) groups is 1. The molecule has 4 rings (SSSR count). The van der Waals surface area contributed by atoms with E-state index in [1.807, 2.05) is 32.0 Å². The molecular formula is C33H45N5O4S2U. The summed E-state index contributed by atoms with van der Waals surface area (Å²) in [6.07, 6.45) is 10.5. The summed E-state index contributed by atoms with van der Waals surface area (Å²) >= 11 is 2.91. The first-order valence-corrected chi connectivity index (χ1v) is 16.9. The summed E-state index contributed by atoms with van der Waals surface area (Å²) in [5.74, 6) is 0.954. The van der Waals surface area contributed by atoms with Gasteiger partial charge in [-0.1, -0.05) is 18.3 Å². The number of aliphatic imine (C=N–C) groups is 1. The Labute approximate surface area is 298 Å². The minimum absolute atomic E-state index is 0. The van der Waals surface area contributed by atoms with E-state index in [4.69, 9.17) is 10.5 Å². The molecular weight excluding hydrogens is 833 g/mol. The number of thiophene rings is 1. The number of likely N-dealkylation sites (tertiary alicyclic amines) is 1. The number of nitrogens with two attached hydrogens (primary N) is 1. The van der Waals surface area contributed by atoms with Crippen molar-refractivity contribution >= 4 is 50.4 Å². The van der Waals surface area contributed by atoms with Crippen LogP contribution in [0, 0.1) is 50.4 Å². The summed E-state index contributed by atoms with van der Waals surface area (Å²) in [6.45, 7) is 12.5. The van der Waals surface area contributed by atoms with Crippen molar-refractivity contribution in [1.82, 2.24) is 14.0 Å². The summed E-state index contributed by atoms with van der Waals surface area (Å²) in [4.78, 5) is 48.6. The second kappa shape index (κ2) is 18.3. The van der Waals surface area contributed by atoms with Crippen LogP contribution in [0.3, 0.4) is 0 Å². The standard InChI is InChI=1S/C29H36N5O4S.C4H9S.U/c1-19(2)38-22(21-12-7-6-8-13-21)18-33-26-23(20(3)24(39-26)31-15-11-14-30)25(35)34(28(33)37)29(4,5)27(36)32-16-9-10-17-32;1-3-4-5-2;/h6-8,11-12,14-15,19,22H,9-10,16-18,30H2,1-5H3;2-4H2,1H3;/q2*-1;+2/t22-;;/m0../s1. The molecule has 0 radical (unpaired) electrons. The van der Waals surface area contributed by atoms with Crippen molar-refractivity contribution < 1.29 is 40.6 Å². The topological polar surface area (TPSA) is 112 Å². The van der Waals surface area contributed by atoms with E-state index in [0.29, 0.717) is 33.9 Å². The van der Waals surface area contributed by atoms with Crippen molar-refractivity contribution in [2.24, 2.45) is 10.7 Å². The maximum absolute atomic E-state index is 14.2. The Hall–Kier alpha value is -2.10. The molecule has 1 fully saturated rings. The second-order valence-corrected chi connectivity index (χ2v) is 13.2. The van der Waals surface area contributed by atoms with Crippen LogP contribution < -0.4 is 17.0 Å². The van der Waals surface area contributed by atoms with Crippen molar-refractivity contribution in [2.45, 2.75) is 85.1 Å². The summed E-state index contributed by atoms with van der Waals surface area (Å²) in [7, 11) is 0. The van der Waals surface area contributed by atoms with Crippen LogP contribution >= 0.6 is 23.1 Å². The molecule has 0 spiro atoms. The van der Waals surface area contributed by atoms with Crippen LogP contribution in [-0.4, -0.2) is 51.1 Å². The molecule has 0 bridgehead atoms. The van der Waals surface area contributed by atoms with Gasteiger partial charge in [-0.25, -0.2) is 14.4 Å². The molecule has 45 heavy (non-hydrogen) atoms. The molecule has 1 atom stereocenters. The molecule has 3 heterocycles. The molecule has 2 N–H and O–H groups in total. The number of allylic oxidation sites excluding steroid dienone is 1. The van der Waals surface area contributed by atoms with Gasteiger partial charge in [0, 0.05) is 24.9 Å². The van der Waals surface area contributed by atoms with E-state index < -0.39 is 22.9 Å². The number of nitrogens with zero attached hydrogens (tertiary/aromatic N) is 4. The molecule has 9 nitrogen and oxygen atoms in total. The SMILES string of the molecule is Cc1c(N=CC=CN)sc2c1c(=O)n(C(C)(C)C(=O)N1CCCC1)c(=O)n2C[C@H](OC(C)C)c1[c-]cccc1.[CH2-]SCCC.[U+2]. The van der Waals surface area contributed by atoms with Gasteiger partial charge in [0.15, 0.2) is 0 Å². The van der Waals surface area contributed by atoms with Crippen molar-refractivity contribution in [1.29, 1.82) is 0 Å². The number of fused-ring (bicyclic) bond motifs is 1. The maximum atomic E-state index is 14.2. The summed E-state index contributed by atoms with van der Waals surface area (Å²) in [5, 5.41) is 0.952. The predicted octanol–water partition coefficient (Wildman–Crippen LogP) is 5.95. The number of ether oxygens (including phenoxy) is 1. The maximum Gasteiger partial charge on any atom is 2.00 e. The fraction of sp³-hybridized carbons (Fsp3) is 0.485. The first-order valence-electron chi connectivity index (χ1n) is 15.0. The molecule has 1 amide bonds. The number of benzene rings is 1. The predicted molar refractivity (Wildman–Crippen MR) is 184 cm³/mol. The number of hydrogen-bond donors (Lipinski definition) is 1. The van der Waals surface area contributed by atoms with Crippen molar-refractivity contribution in [3.63, 3.8) is 0 Å². The van der Waals surface area contributed by atoms with Gasteiger partial charge in [0.1, 0.15) is 15.4 Å². The summed E-state index contributed by atoms with van der Waals surface area (Å²) in [6, 6.07) is 10.7. The normalized spacial score (nSPS) is 14.3. The van der Waals surface area contributed by atoms with E-state index in [0.717, 1.165) is 23.0 Å². The number of aryl methyl sites for hydroxylation is 1. The Morgan fingerprint density at radius 1 is 1.27 bits per heavy atom. The molecule has 0 aliphatic carbocycles. The molecule has 1 saturated heterocycles. The molecule has 3 aromatic rings. The molecule has 1 aliphatic heterocycles. The zero-order valence-corrected chi connectivity index (χ0v) is 33.0. The molecule has 1 aliphatic rings. The van der Waals surface area contributed by atoms with E-state index >= 15 is 0 Å². The van der Waals surface area contributed by atoms with Crippen LogP contribution in [0.15, 0.2) is 51.1 Å². The minimum Gasteiger partial charge on any atom is -0.405 e. The average Bonchev–Trinajstić information content (AvgIpc) is 3.64.